The first kappa shape index (κ1) is 23.4. The Bertz CT molecular complexity index is 1310. The Morgan fingerprint density at radius 3 is 2.29 bits per heavy atom. The lowest BCUT2D eigenvalue weighted by Crippen LogP contribution is -2.28. The van der Waals surface area contributed by atoms with Gasteiger partial charge < -0.3 is 15.5 Å². The maximum absolute atomic E-state index is 12.7. The highest BCUT2D eigenvalue weighted by Gasteiger charge is 2.35. The Hall–Kier alpha value is -3.77. The molecule has 4 rings (SSSR count). The topological polar surface area (TPSA) is 138 Å². The Morgan fingerprint density at radius 1 is 1.03 bits per heavy atom. The van der Waals surface area contributed by atoms with Crippen LogP contribution in [-0.4, -0.2) is 37.7 Å². The fraction of sp³-hybridized carbons (Fsp3) is 0.182. The van der Waals surface area contributed by atoms with E-state index in [2.05, 4.69) is 20.3 Å². The van der Waals surface area contributed by atoms with E-state index < -0.39 is 15.9 Å². The summed E-state index contributed by atoms with van der Waals surface area (Å²) in [7, 11) is -3.79. The second-order valence-corrected chi connectivity index (χ2v) is 10.2. The number of nitrogens with one attached hydrogen (secondary N) is 3. The van der Waals surface area contributed by atoms with Crippen LogP contribution < -0.4 is 20.3 Å². The van der Waals surface area contributed by atoms with E-state index in [9.17, 15) is 22.8 Å². The maximum Gasteiger partial charge on any atom is 0.263 e. The van der Waals surface area contributed by atoms with Gasteiger partial charge in [0.2, 0.25) is 17.7 Å². The minimum absolute atomic E-state index is 0.0330. The third-order valence-corrected chi connectivity index (χ3v) is 7.25. The molecule has 34 heavy (non-hydrogen) atoms. The summed E-state index contributed by atoms with van der Waals surface area (Å²) in [4.78, 5) is 41.8. The van der Waals surface area contributed by atoms with Crippen LogP contribution in [0, 0.1) is 5.92 Å². The summed E-state index contributed by atoms with van der Waals surface area (Å²) >= 11 is 1.17. The van der Waals surface area contributed by atoms with E-state index in [0.29, 0.717) is 17.1 Å². The van der Waals surface area contributed by atoms with Gasteiger partial charge in [0.25, 0.3) is 10.0 Å². The van der Waals surface area contributed by atoms with Crippen molar-refractivity contribution in [1.82, 2.24) is 4.98 Å². The van der Waals surface area contributed by atoms with Crippen molar-refractivity contribution in [3.05, 3.63) is 60.1 Å². The number of benzene rings is 2. The normalized spacial score (nSPS) is 15.7. The van der Waals surface area contributed by atoms with Crippen molar-refractivity contribution in [2.75, 3.05) is 26.8 Å². The van der Waals surface area contributed by atoms with Gasteiger partial charge in [0.1, 0.15) is 0 Å². The largest absolute Gasteiger partial charge is 0.326 e. The molecule has 1 aliphatic rings. The third-order valence-electron chi connectivity index (χ3n) is 5.08. The van der Waals surface area contributed by atoms with Crippen LogP contribution >= 0.6 is 11.3 Å². The lowest BCUT2D eigenvalue weighted by Gasteiger charge is -2.17. The van der Waals surface area contributed by atoms with Gasteiger partial charge >= 0.3 is 0 Å². The molecule has 1 unspecified atom stereocenters. The smallest absolute Gasteiger partial charge is 0.263 e. The molecule has 0 radical (unpaired) electrons. The molecule has 1 fully saturated rings. The van der Waals surface area contributed by atoms with Crippen LogP contribution in [0.25, 0.3) is 0 Å². The van der Waals surface area contributed by atoms with Crippen molar-refractivity contribution in [3.63, 3.8) is 0 Å². The van der Waals surface area contributed by atoms with E-state index in [0.717, 1.165) is 0 Å². The lowest BCUT2D eigenvalue weighted by atomic mass is 10.1. The summed E-state index contributed by atoms with van der Waals surface area (Å²) in [6.07, 6.45) is 1.56. The molecule has 0 aliphatic carbocycles. The van der Waals surface area contributed by atoms with Crippen LogP contribution in [0.2, 0.25) is 0 Å². The molecular weight excluding hydrogens is 478 g/mol. The third kappa shape index (κ3) is 5.41. The molecule has 176 valence electrons. The van der Waals surface area contributed by atoms with Gasteiger partial charge in [0.15, 0.2) is 5.13 Å². The molecule has 2 aromatic carbocycles. The van der Waals surface area contributed by atoms with Crippen LogP contribution in [0.15, 0.2) is 65.0 Å². The number of hydrogen-bond acceptors (Lipinski definition) is 7. The number of thiazole rings is 1. The molecule has 3 N–H and O–H groups in total. The Kier molecular flexibility index (Phi) is 6.61. The molecule has 3 aromatic rings. The molecule has 1 atom stereocenters. The first-order valence-corrected chi connectivity index (χ1v) is 12.6. The number of sulfonamides is 1. The van der Waals surface area contributed by atoms with E-state index in [4.69, 9.17) is 0 Å². The molecule has 1 aliphatic heterocycles. The SMILES string of the molecule is CC(=O)Nc1ccc(N2CC(C(=O)Nc3ccc(S(=O)(=O)Nc4nccs4)cc3)CC2=O)cc1. The molecule has 0 spiro atoms. The van der Waals surface area contributed by atoms with Gasteiger partial charge in [0, 0.05) is 48.5 Å². The van der Waals surface area contributed by atoms with Crippen molar-refractivity contribution in [1.29, 1.82) is 0 Å². The number of carbonyl (C=O) groups excluding carboxylic acids is 3. The van der Waals surface area contributed by atoms with Crippen molar-refractivity contribution in [2.45, 2.75) is 18.2 Å². The Labute approximate surface area is 200 Å². The molecule has 1 saturated heterocycles. The summed E-state index contributed by atoms with van der Waals surface area (Å²) in [5.74, 6) is -1.26. The molecule has 0 saturated carbocycles. The number of nitrogens with zero attached hydrogens (tertiary/aromatic N) is 2. The predicted molar refractivity (Wildman–Crippen MR) is 129 cm³/mol. The quantitative estimate of drug-likeness (QED) is 0.457. The highest BCUT2D eigenvalue weighted by Crippen LogP contribution is 2.27. The summed E-state index contributed by atoms with van der Waals surface area (Å²) < 4.78 is 27.2. The minimum Gasteiger partial charge on any atom is -0.326 e. The zero-order valence-electron chi connectivity index (χ0n) is 18.0. The number of aromatic nitrogens is 1. The molecule has 12 heteroatoms. The zero-order chi connectivity index (χ0) is 24.3. The number of rotatable bonds is 7. The van der Waals surface area contributed by atoms with Crippen LogP contribution in [0.4, 0.5) is 22.2 Å². The van der Waals surface area contributed by atoms with Gasteiger partial charge in [-0.05, 0) is 48.5 Å². The van der Waals surface area contributed by atoms with Crippen LogP contribution in [0.5, 0.6) is 0 Å². The maximum atomic E-state index is 12.7. The predicted octanol–water partition coefficient (Wildman–Crippen LogP) is 2.89. The van der Waals surface area contributed by atoms with Gasteiger partial charge in [-0.15, -0.1) is 11.3 Å². The summed E-state index contributed by atoms with van der Waals surface area (Å²) in [6, 6.07) is 12.5. The fourth-order valence-corrected chi connectivity index (χ4v) is 5.26. The van der Waals surface area contributed by atoms with Crippen molar-refractivity contribution >= 4 is 61.3 Å². The van der Waals surface area contributed by atoms with Crippen LogP contribution in [0.3, 0.4) is 0 Å². The number of carbonyl (C=O) groups is 3. The average molecular weight is 500 g/mol. The lowest BCUT2D eigenvalue weighted by molar-refractivity contribution is -0.122. The standard InChI is InChI=1S/C22H21N5O5S2/c1-14(28)24-16-2-6-18(7-3-16)27-13-15(12-20(27)29)21(30)25-17-4-8-19(9-5-17)34(31,32)26-22-23-10-11-33-22/h2-11,15H,12-13H2,1H3,(H,23,26)(H,24,28)(H,25,30). The fourth-order valence-electron chi connectivity index (χ4n) is 3.47. The highest BCUT2D eigenvalue weighted by molar-refractivity contribution is 7.93. The Morgan fingerprint density at radius 2 is 1.68 bits per heavy atom. The van der Waals surface area contributed by atoms with Gasteiger partial charge in [-0.3, -0.25) is 19.1 Å². The van der Waals surface area contributed by atoms with Crippen LogP contribution in [-0.2, 0) is 24.4 Å². The van der Waals surface area contributed by atoms with Crippen molar-refractivity contribution in [2.24, 2.45) is 5.92 Å². The molecule has 3 amide bonds. The Balaban J connectivity index is 1.37. The summed E-state index contributed by atoms with van der Waals surface area (Å²) in [6.45, 7) is 1.63. The monoisotopic (exact) mass is 499 g/mol. The van der Waals surface area contributed by atoms with Gasteiger partial charge in [-0.1, -0.05) is 0 Å². The first-order chi connectivity index (χ1) is 16.2. The molecule has 10 nitrogen and oxygen atoms in total. The minimum atomic E-state index is -3.79. The molecule has 0 bridgehead atoms. The van der Waals surface area contributed by atoms with E-state index in [1.165, 1.54) is 53.6 Å². The van der Waals surface area contributed by atoms with E-state index in [1.807, 2.05) is 0 Å². The van der Waals surface area contributed by atoms with Gasteiger partial charge in [0.05, 0.1) is 10.8 Å². The molecule has 1 aromatic heterocycles. The van der Waals surface area contributed by atoms with E-state index >= 15 is 0 Å². The average Bonchev–Trinajstić information content (AvgIpc) is 3.43. The van der Waals surface area contributed by atoms with Crippen molar-refractivity contribution < 1.29 is 22.8 Å². The van der Waals surface area contributed by atoms with Crippen molar-refractivity contribution in [3.8, 4) is 0 Å². The van der Waals surface area contributed by atoms with Crippen LogP contribution in [0.1, 0.15) is 13.3 Å². The number of hydrogen-bond donors (Lipinski definition) is 3. The number of amides is 3. The zero-order valence-corrected chi connectivity index (χ0v) is 19.7. The van der Waals surface area contributed by atoms with Gasteiger partial charge in [-0.25, -0.2) is 13.4 Å². The second-order valence-electron chi connectivity index (χ2n) is 7.59. The second kappa shape index (κ2) is 9.61. The number of anilines is 4. The highest BCUT2D eigenvalue weighted by atomic mass is 32.2. The van der Waals surface area contributed by atoms with Gasteiger partial charge in [-0.2, -0.15) is 0 Å². The van der Waals surface area contributed by atoms with E-state index in [1.54, 1.807) is 29.6 Å². The summed E-state index contributed by atoms with van der Waals surface area (Å²) in [5.41, 5.74) is 1.67. The summed E-state index contributed by atoms with van der Waals surface area (Å²) in [5, 5.41) is 7.32. The first-order valence-electron chi connectivity index (χ1n) is 10.2. The molecule has 2 heterocycles. The van der Waals surface area contributed by atoms with E-state index in [-0.39, 0.29) is 40.7 Å². The molecular formula is C22H21N5O5S2.